The maximum absolute atomic E-state index is 12.9. The number of ether oxygens (including phenoxy) is 1. The molecule has 0 radical (unpaired) electrons. The third kappa shape index (κ3) is 3.72. The number of halogens is 3. The van der Waals surface area contributed by atoms with Crippen LogP contribution in [0.1, 0.15) is 28.3 Å². The SMILES string of the molecule is Cc1ccc2c(c1)Oc1cc(C)ccc1C2NC(=O)C1CNC(C(F)(F)F)NC1=O. The second-order valence-electron chi connectivity index (χ2n) is 7.57. The monoisotopic (exact) mass is 419 g/mol. The van der Waals surface area contributed by atoms with Crippen molar-refractivity contribution in [1.29, 1.82) is 0 Å². The summed E-state index contributed by atoms with van der Waals surface area (Å²) in [6, 6.07) is 10.5. The van der Waals surface area contributed by atoms with Gasteiger partial charge in [-0.1, -0.05) is 24.3 Å². The van der Waals surface area contributed by atoms with Crippen LogP contribution in [0.25, 0.3) is 0 Å². The minimum absolute atomic E-state index is 0.410. The Bertz CT molecular complexity index is 971. The molecule has 30 heavy (non-hydrogen) atoms. The van der Waals surface area contributed by atoms with Gasteiger partial charge in [-0.05, 0) is 37.1 Å². The molecule has 0 aliphatic carbocycles. The zero-order valence-electron chi connectivity index (χ0n) is 16.3. The molecule has 0 spiro atoms. The highest BCUT2D eigenvalue weighted by Gasteiger charge is 2.46. The molecule has 4 rings (SSSR count). The number of nitrogens with one attached hydrogen (secondary N) is 3. The number of hydrogen-bond acceptors (Lipinski definition) is 4. The summed E-state index contributed by atoms with van der Waals surface area (Å²) in [5.41, 5.74) is 3.37. The van der Waals surface area contributed by atoms with Crippen LogP contribution in [0.2, 0.25) is 0 Å². The van der Waals surface area contributed by atoms with Gasteiger partial charge in [-0.25, -0.2) is 0 Å². The van der Waals surface area contributed by atoms with Gasteiger partial charge in [0.2, 0.25) is 11.8 Å². The van der Waals surface area contributed by atoms with Crippen LogP contribution in [-0.2, 0) is 9.59 Å². The van der Waals surface area contributed by atoms with Crippen LogP contribution < -0.4 is 20.7 Å². The molecule has 9 heteroatoms. The first kappa shape index (κ1) is 20.2. The van der Waals surface area contributed by atoms with Crippen LogP contribution in [0, 0.1) is 19.8 Å². The van der Waals surface area contributed by atoms with Gasteiger partial charge in [0.25, 0.3) is 0 Å². The highest BCUT2D eigenvalue weighted by Crippen LogP contribution is 2.43. The lowest BCUT2D eigenvalue weighted by Crippen LogP contribution is -2.64. The fourth-order valence-electron chi connectivity index (χ4n) is 3.65. The van der Waals surface area contributed by atoms with E-state index in [9.17, 15) is 22.8 Å². The third-order valence-corrected chi connectivity index (χ3v) is 5.24. The van der Waals surface area contributed by atoms with Crippen molar-refractivity contribution in [3.8, 4) is 11.5 Å². The topological polar surface area (TPSA) is 79.5 Å². The van der Waals surface area contributed by atoms with Gasteiger partial charge >= 0.3 is 6.18 Å². The van der Waals surface area contributed by atoms with Crippen LogP contribution in [0.15, 0.2) is 36.4 Å². The van der Waals surface area contributed by atoms with E-state index in [4.69, 9.17) is 4.74 Å². The molecule has 0 bridgehead atoms. The van der Waals surface area contributed by atoms with Crippen LogP contribution in [0.4, 0.5) is 13.2 Å². The summed E-state index contributed by atoms with van der Waals surface area (Å²) < 4.78 is 44.5. The second kappa shape index (κ2) is 7.32. The molecule has 158 valence electrons. The predicted octanol–water partition coefficient (Wildman–Crippen LogP) is 2.84. The summed E-state index contributed by atoms with van der Waals surface area (Å²) in [5, 5.41) is 6.81. The van der Waals surface area contributed by atoms with E-state index in [1.54, 1.807) is 0 Å². The number of aryl methyl sites for hydroxylation is 2. The Morgan fingerprint density at radius 3 is 2.13 bits per heavy atom. The quantitative estimate of drug-likeness (QED) is 0.654. The molecule has 2 aliphatic heterocycles. The summed E-state index contributed by atoms with van der Waals surface area (Å²) in [6.07, 6.45) is -6.80. The number of amides is 2. The van der Waals surface area contributed by atoms with Crippen molar-refractivity contribution in [2.24, 2.45) is 5.92 Å². The van der Waals surface area contributed by atoms with Crippen LogP contribution in [0.5, 0.6) is 11.5 Å². The van der Waals surface area contributed by atoms with Crippen molar-refractivity contribution in [1.82, 2.24) is 16.0 Å². The summed E-state index contributed by atoms with van der Waals surface area (Å²) in [5.74, 6) is -1.74. The van der Waals surface area contributed by atoms with Crippen molar-refractivity contribution < 1.29 is 27.5 Å². The minimum Gasteiger partial charge on any atom is -0.457 e. The lowest BCUT2D eigenvalue weighted by Gasteiger charge is -2.33. The minimum atomic E-state index is -4.63. The number of hydrogen-bond donors (Lipinski definition) is 3. The Kier molecular flexibility index (Phi) is 4.93. The standard InChI is InChI=1S/C21H20F3N3O3/c1-10-3-5-12-15(7-10)30-16-8-11(2)4-6-13(16)17(12)26-18(28)14-9-25-20(21(22,23)24)27-19(14)29/h3-8,14,17,20,25H,9H2,1-2H3,(H,26,28)(H,27,29). The number of alkyl halides is 3. The van der Waals surface area contributed by atoms with Crippen LogP contribution in [0.3, 0.4) is 0 Å². The molecule has 0 aromatic heterocycles. The number of fused-ring (bicyclic) bond motifs is 2. The maximum atomic E-state index is 12.9. The Hall–Kier alpha value is -3.07. The Balaban J connectivity index is 1.60. The summed E-state index contributed by atoms with van der Waals surface area (Å²) in [4.78, 5) is 25.0. The number of carbonyl (C=O) groups excluding carboxylic acids is 2. The molecule has 2 aromatic rings. The fraction of sp³-hybridized carbons (Fsp3) is 0.333. The van der Waals surface area contributed by atoms with Gasteiger partial charge in [-0.15, -0.1) is 0 Å². The number of carbonyl (C=O) groups is 2. The fourth-order valence-corrected chi connectivity index (χ4v) is 3.65. The Morgan fingerprint density at radius 1 is 1.07 bits per heavy atom. The molecule has 1 saturated heterocycles. The number of benzene rings is 2. The normalized spacial score (nSPS) is 21.2. The van der Waals surface area contributed by atoms with Crippen molar-refractivity contribution >= 4 is 11.8 Å². The van der Waals surface area contributed by atoms with Gasteiger partial charge in [-0.2, -0.15) is 13.2 Å². The van der Waals surface area contributed by atoms with Gasteiger partial charge in [0.05, 0.1) is 6.04 Å². The van der Waals surface area contributed by atoms with Gasteiger partial charge in [-0.3, -0.25) is 14.9 Å². The summed E-state index contributed by atoms with van der Waals surface area (Å²) in [6.45, 7) is 3.42. The molecule has 2 amide bonds. The Morgan fingerprint density at radius 2 is 1.63 bits per heavy atom. The van der Waals surface area contributed by atoms with E-state index in [1.165, 1.54) is 0 Å². The smallest absolute Gasteiger partial charge is 0.422 e. The van der Waals surface area contributed by atoms with E-state index < -0.39 is 42.7 Å². The first-order valence-electron chi connectivity index (χ1n) is 9.43. The largest absolute Gasteiger partial charge is 0.457 e. The predicted molar refractivity (Wildman–Crippen MR) is 102 cm³/mol. The van der Waals surface area contributed by atoms with E-state index in [0.29, 0.717) is 22.6 Å². The molecular formula is C21H20F3N3O3. The zero-order chi connectivity index (χ0) is 21.6. The molecule has 6 nitrogen and oxygen atoms in total. The molecule has 2 aliphatic rings. The first-order valence-corrected chi connectivity index (χ1v) is 9.43. The van der Waals surface area contributed by atoms with Crippen molar-refractivity contribution in [2.45, 2.75) is 32.2 Å². The molecule has 2 heterocycles. The van der Waals surface area contributed by atoms with E-state index in [1.807, 2.05) is 55.6 Å². The van der Waals surface area contributed by atoms with Crippen molar-refractivity contribution in [3.63, 3.8) is 0 Å². The van der Waals surface area contributed by atoms with E-state index >= 15 is 0 Å². The highest BCUT2D eigenvalue weighted by molar-refractivity contribution is 6.01. The van der Waals surface area contributed by atoms with E-state index in [-0.39, 0.29) is 0 Å². The third-order valence-electron chi connectivity index (χ3n) is 5.24. The van der Waals surface area contributed by atoms with Gasteiger partial charge in [0.1, 0.15) is 17.4 Å². The van der Waals surface area contributed by atoms with Crippen molar-refractivity contribution in [3.05, 3.63) is 58.7 Å². The van der Waals surface area contributed by atoms with Gasteiger partial charge < -0.3 is 15.4 Å². The average molecular weight is 419 g/mol. The molecule has 2 aromatic carbocycles. The van der Waals surface area contributed by atoms with E-state index in [0.717, 1.165) is 11.1 Å². The summed E-state index contributed by atoms with van der Waals surface area (Å²) in [7, 11) is 0. The van der Waals surface area contributed by atoms with E-state index in [2.05, 4.69) is 10.6 Å². The zero-order valence-corrected chi connectivity index (χ0v) is 16.3. The first-order chi connectivity index (χ1) is 14.1. The molecule has 2 atom stereocenters. The lowest BCUT2D eigenvalue weighted by molar-refractivity contribution is -0.175. The summed E-state index contributed by atoms with van der Waals surface area (Å²) >= 11 is 0. The molecule has 0 saturated carbocycles. The Labute approximate surface area is 170 Å². The van der Waals surface area contributed by atoms with Crippen LogP contribution in [-0.4, -0.2) is 30.7 Å². The molecular weight excluding hydrogens is 399 g/mol. The average Bonchev–Trinajstić information content (AvgIpc) is 2.66. The molecule has 2 unspecified atom stereocenters. The number of rotatable bonds is 2. The lowest BCUT2D eigenvalue weighted by atomic mass is 9.92. The maximum Gasteiger partial charge on any atom is 0.422 e. The highest BCUT2D eigenvalue weighted by atomic mass is 19.4. The van der Waals surface area contributed by atoms with Gasteiger partial charge in [0.15, 0.2) is 6.17 Å². The van der Waals surface area contributed by atoms with Gasteiger partial charge in [0, 0.05) is 17.7 Å². The molecule has 3 N–H and O–H groups in total. The molecule has 1 fully saturated rings. The van der Waals surface area contributed by atoms with Crippen LogP contribution >= 0.6 is 0 Å². The van der Waals surface area contributed by atoms with Crippen molar-refractivity contribution in [2.75, 3.05) is 6.54 Å². The second-order valence-corrected chi connectivity index (χ2v) is 7.57.